The fraction of sp³-hybridized carbons (Fsp3) is 0.333. The molecule has 0 N–H and O–H groups in total. The van der Waals surface area contributed by atoms with E-state index in [1.807, 2.05) is 18.2 Å². The Morgan fingerprint density at radius 1 is 1.28 bits per heavy atom. The van der Waals surface area contributed by atoms with E-state index in [0.717, 1.165) is 17.7 Å². The molecule has 18 heavy (non-hydrogen) atoms. The highest BCUT2D eigenvalue weighted by Crippen LogP contribution is 2.34. The molecule has 1 aromatic heterocycles. The van der Waals surface area contributed by atoms with Crippen LogP contribution in [0.25, 0.3) is 0 Å². The SMILES string of the molecule is COc1ccccc1CC(Cl)c1cc(C)c(C)s1. The van der Waals surface area contributed by atoms with E-state index in [1.54, 1.807) is 18.4 Å². The van der Waals surface area contributed by atoms with Gasteiger partial charge >= 0.3 is 0 Å². The number of hydrogen-bond acceptors (Lipinski definition) is 2. The van der Waals surface area contributed by atoms with Gasteiger partial charge in [0.2, 0.25) is 0 Å². The van der Waals surface area contributed by atoms with Crippen LogP contribution in [-0.2, 0) is 6.42 Å². The van der Waals surface area contributed by atoms with Crippen LogP contribution in [0.5, 0.6) is 5.75 Å². The largest absolute Gasteiger partial charge is 0.496 e. The number of hydrogen-bond donors (Lipinski definition) is 0. The summed E-state index contributed by atoms with van der Waals surface area (Å²) in [6.45, 7) is 4.26. The molecular weight excluding hydrogens is 264 g/mol. The van der Waals surface area contributed by atoms with Gasteiger partial charge in [-0.1, -0.05) is 18.2 Å². The Morgan fingerprint density at radius 2 is 2.00 bits per heavy atom. The minimum atomic E-state index is 0.0127. The van der Waals surface area contributed by atoms with Crippen molar-refractivity contribution < 1.29 is 4.74 Å². The van der Waals surface area contributed by atoms with Crippen molar-refractivity contribution in [1.29, 1.82) is 0 Å². The predicted molar refractivity (Wildman–Crippen MR) is 79.1 cm³/mol. The van der Waals surface area contributed by atoms with E-state index in [-0.39, 0.29) is 5.38 Å². The van der Waals surface area contributed by atoms with Crippen LogP contribution in [0.1, 0.15) is 26.3 Å². The van der Waals surface area contributed by atoms with Crippen LogP contribution < -0.4 is 4.74 Å². The lowest BCUT2D eigenvalue weighted by Crippen LogP contribution is -1.96. The Kier molecular flexibility index (Phi) is 4.31. The summed E-state index contributed by atoms with van der Waals surface area (Å²) >= 11 is 8.29. The molecule has 96 valence electrons. The van der Waals surface area contributed by atoms with E-state index >= 15 is 0 Å². The molecule has 2 aromatic rings. The predicted octanol–water partition coefficient (Wildman–Crippen LogP) is 4.90. The van der Waals surface area contributed by atoms with Gasteiger partial charge in [0, 0.05) is 9.75 Å². The van der Waals surface area contributed by atoms with E-state index in [1.165, 1.54) is 15.3 Å². The molecule has 0 bridgehead atoms. The molecule has 2 rings (SSSR count). The molecule has 0 fully saturated rings. The van der Waals surface area contributed by atoms with Crippen LogP contribution in [0.2, 0.25) is 0 Å². The molecule has 1 heterocycles. The third-order valence-corrected chi connectivity index (χ3v) is 4.87. The van der Waals surface area contributed by atoms with Crippen molar-refractivity contribution in [1.82, 2.24) is 0 Å². The Labute approximate surface area is 117 Å². The second-order valence-corrected chi connectivity index (χ2v) is 6.19. The van der Waals surface area contributed by atoms with Crippen molar-refractivity contribution in [2.75, 3.05) is 7.11 Å². The van der Waals surface area contributed by atoms with E-state index < -0.39 is 0 Å². The standard InChI is InChI=1S/C15H17ClOS/c1-10-8-15(18-11(10)2)13(16)9-12-6-4-5-7-14(12)17-3/h4-8,13H,9H2,1-3H3. The van der Waals surface area contributed by atoms with E-state index in [2.05, 4.69) is 26.0 Å². The van der Waals surface area contributed by atoms with Gasteiger partial charge in [0.1, 0.15) is 5.75 Å². The molecular formula is C15H17ClOS. The van der Waals surface area contributed by atoms with E-state index in [4.69, 9.17) is 16.3 Å². The summed E-state index contributed by atoms with van der Waals surface area (Å²) in [5.41, 5.74) is 2.48. The zero-order valence-electron chi connectivity index (χ0n) is 10.9. The Morgan fingerprint density at radius 3 is 2.61 bits per heavy atom. The molecule has 0 aliphatic rings. The summed E-state index contributed by atoms with van der Waals surface area (Å²) < 4.78 is 5.36. The average Bonchev–Trinajstić information content (AvgIpc) is 2.70. The second-order valence-electron chi connectivity index (χ2n) is 4.37. The molecule has 1 unspecified atom stereocenters. The van der Waals surface area contributed by atoms with E-state index in [0.29, 0.717) is 0 Å². The molecule has 3 heteroatoms. The minimum absolute atomic E-state index is 0.0127. The Hall–Kier alpha value is -0.990. The smallest absolute Gasteiger partial charge is 0.122 e. The van der Waals surface area contributed by atoms with Crippen molar-refractivity contribution in [3.63, 3.8) is 0 Å². The lowest BCUT2D eigenvalue weighted by Gasteiger charge is -2.11. The van der Waals surface area contributed by atoms with Crippen LogP contribution in [0.15, 0.2) is 30.3 Å². The Balaban J connectivity index is 2.18. The first-order valence-electron chi connectivity index (χ1n) is 5.94. The normalized spacial score (nSPS) is 12.4. The lowest BCUT2D eigenvalue weighted by atomic mass is 10.1. The van der Waals surface area contributed by atoms with Crippen LogP contribution in [0.4, 0.5) is 0 Å². The number of rotatable bonds is 4. The molecule has 1 aromatic carbocycles. The fourth-order valence-electron chi connectivity index (χ4n) is 1.92. The summed E-state index contributed by atoms with van der Waals surface area (Å²) in [4.78, 5) is 2.58. The number of aryl methyl sites for hydroxylation is 2. The molecule has 0 radical (unpaired) electrons. The van der Waals surface area contributed by atoms with Gasteiger partial charge in [0.05, 0.1) is 12.5 Å². The van der Waals surface area contributed by atoms with Gasteiger partial charge < -0.3 is 4.74 Å². The summed E-state index contributed by atoms with van der Waals surface area (Å²) in [6.07, 6.45) is 0.797. The van der Waals surface area contributed by atoms with Crippen molar-refractivity contribution in [3.05, 3.63) is 51.2 Å². The number of alkyl halides is 1. The highest BCUT2D eigenvalue weighted by atomic mass is 35.5. The third-order valence-electron chi connectivity index (χ3n) is 3.09. The summed E-state index contributed by atoms with van der Waals surface area (Å²) in [6, 6.07) is 10.2. The second kappa shape index (κ2) is 5.77. The van der Waals surface area contributed by atoms with Gasteiger partial charge in [-0.05, 0) is 43.5 Å². The molecule has 0 amide bonds. The van der Waals surface area contributed by atoms with Gasteiger partial charge in [-0.25, -0.2) is 0 Å². The quantitative estimate of drug-likeness (QED) is 0.724. The number of methoxy groups -OCH3 is 1. The third kappa shape index (κ3) is 2.88. The fourth-order valence-corrected chi connectivity index (χ4v) is 3.30. The zero-order chi connectivity index (χ0) is 13.1. The molecule has 1 atom stereocenters. The van der Waals surface area contributed by atoms with Crippen LogP contribution >= 0.6 is 22.9 Å². The van der Waals surface area contributed by atoms with Gasteiger partial charge in [-0.15, -0.1) is 22.9 Å². The van der Waals surface area contributed by atoms with Crippen molar-refractivity contribution in [2.45, 2.75) is 25.6 Å². The topological polar surface area (TPSA) is 9.23 Å². The number of benzene rings is 1. The number of para-hydroxylation sites is 1. The van der Waals surface area contributed by atoms with Crippen LogP contribution in [0, 0.1) is 13.8 Å². The van der Waals surface area contributed by atoms with Crippen LogP contribution in [-0.4, -0.2) is 7.11 Å². The van der Waals surface area contributed by atoms with Crippen molar-refractivity contribution >= 4 is 22.9 Å². The van der Waals surface area contributed by atoms with Gasteiger partial charge in [0.15, 0.2) is 0 Å². The zero-order valence-corrected chi connectivity index (χ0v) is 12.4. The average molecular weight is 281 g/mol. The molecule has 0 aliphatic heterocycles. The molecule has 0 spiro atoms. The maximum atomic E-state index is 6.51. The molecule has 1 nitrogen and oxygen atoms in total. The van der Waals surface area contributed by atoms with Crippen molar-refractivity contribution in [3.8, 4) is 5.75 Å². The molecule has 0 saturated carbocycles. The number of ether oxygens (including phenoxy) is 1. The van der Waals surface area contributed by atoms with Crippen molar-refractivity contribution in [2.24, 2.45) is 0 Å². The first-order valence-corrected chi connectivity index (χ1v) is 7.20. The maximum Gasteiger partial charge on any atom is 0.122 e. The lowest BCUT2D eigenvalue weighted by molar-refractivity contribution is 0.409. The number of halogens is 1. The highest BCUT2D eigenvalue weighted by Gasteiger charge is 2.14. The van der Waals surface area contributed by atoms with Gasteiger partial charge in [0.25, 0.3) is 0 Å². The van der Waals surface area contributed by atoms with Crippen LogP contribution in [0.3, 0.4) is 0 Å². The minimum Gasteiger partial charge on any atom is -0.496 e. The summed E-state index contributed by atoms with van der Waals surface area (Å²) in [5.74, 6) is 0.910. The number of thiophene rings is 1. The van der Waals surface area contributed by atoms with Gasteiger partial charge in [-0.3, -0.25) is 0 Å². The highest BCUT2D eigenvalue weighted by molar-refractivity contribution is 7.12. The van der Waals surface area contributed by atoms with Gasteiger partial charge in [-0.2, -0.15) is 0 Å². The summed E-state index contributed by atoms with van der Waals surface area (Å²) in [7, 11) is 1.70. The maximum absolute atomic E-state index is 6.51. The Bertz CT molecular complexity index is 514. The first-order chi connectivity index (χ1) is 8.61. The first kappa shape index (κ1) is 13.4. The monoisotopic (exact) mass is 280 g/mol. The molecule has 0 saturated heterocycles. The van der Waals surface area contributed by atoms with E-state index in [9.17, 15) is 0 Å². The summed E-state index contributed by atoms with van der Waals surface area (Å²) in [5, 5.41) is 0.0127. The molecule has 0 aliphatic carbocycles.